The number of sulfonamides is 1. The maximum atomic E-state index is 13.8. The molecule has 0 N–H and O–H groups in total. The lowest BCUT2D eigenvalue weighted by molar-refractivity contribution is 0.0978. The number of pyridine rings is 1. The molecule has 198 valence electrons. The van der Waals surface area contributed by atoms with Gasteiger partial charge in [0.25, 0.3) is 5.91 Å². The first-order valence-electron chi connectivity index (χ1n) is 12.2. The van der Waals surface area contributed by atoms with Gasteiger partial charge in [0.2, 0.25) is 10.0 Å². The van der Waals surface area contributed by atoms with Crippen molar-refractivity contribution in [2.45, 2.75) is 37.3 Å². The fourth-order valence-electron chi connectivity index (χ4n) is 4.36. The average molecular weight is 571 g/mol. The fourth-order valence-corrected chi connectivity index (χ4v) is 6.88. The predicted octanol–water partition coefficient (Wildman–Crippen LogP) is 5.30. The number of carbonyl (C=O) groups excluding carboxylic acids is 1. The number of aryl methyl sites for hydroxylation is 1. The summed E-state index contributed by atoms with van der Waals surface area (Å²) < 4.78 is 33.9. The molecular weight excluding hydrogens is 544 g/mol. The van der Waals surface area contributed by atoms with Crippen LogP contribution in [0, 0.1) is 6.92 Å². The zero-order valence-corrected chi connectivity index (χ0v) is 23.4. The van der Waals surface area contributed by atoms with Gasteiger partial charge in [-0.1, -0.05) is 35.1 Å². The summed E-state index contributed by atoms with van der Waals surface area (Å²) in [5.41, 5.74) is 2.73. The van der Waals surface area contributed by atoms with Crippen molar-refractivity contribution in [1.29, 1.82) is 0 Å². The first-order chi connectivity index (χ1) is 18.2. The van der Waals surface area contributed by atoms with Crippen molar-refractivity contribution in [3.8, 4) is 0 Å². The summed E-state index contributed by atoms with van der Waals surface area (Å²) >= 11 is 7.76. The largest absolute Gasteiger partial charge is 0.377 e. The number of halogens is 1. The van der Waals surface area contributed by atoms with Gasteiger partial charge in [-0.3, -0.25) is 14.7 Å². The molecule has 4 aromatic rings. The highest BCUT2D eigenvalue weighted by Crippen LogP contribution is 2.36. The summed E-state index contributed by atoms with van der Waals surface area (Å²) in [6.07, 6.45) is 3.35. The molecular formula is C27H27ClN4O4S2. The molecule has 11 heteroatoms. The molecule has 0 radical (unpaired) electrons. The normalized spacial score (nSPS) is 15.8. The molecule has 1 saturated heterocycles. The number of anilines is 1. The van der Waals surface area contributed by atoms with E-state index in [0.29, 0.717) is 34.6 Å². The van der Waals surface area contributed by atoms with Crippen LogP contribution in [0.5, 0.6) is 0 Å². The number of aromatic nitrogens is 2. The third kappa shape index (κ3) is 5.45. The molecule has 1 aliphatic rings. The summed E-state index contributed by atoms with van der Waals surface area (Å²) in [6.45, 7) is 3.09. The van der Waals surface area contributed by atoms with Crippen LogP contribution >= 0.6 is 22.9 Å². The molecule has 0 saturated carbocycles. The number of nitrogens with zero attached hydrogens (tertiary/aromatic N) is 4. The molecule has 1 aliphatic heterocycles. The van der Waals surface area contributed by atoms with Crippen molar-refractivity contribution in [3.05, 3.63) is 82.6 Å². The summed E-state index contributed by atoms with van der Waals surface area (Å²) in [4.78, 5) is 24.6. The topological polar surface area (TPSA) is 92.7 Å². The van der Waals surface area contributed by atoms with Gasteiger partial charge in [-0.15, -0.1) is 0 Å². The second-order valence-electron chi connectivity index (χ2n) is 9.20. The molecule has 1 unspecified atom stereocenters. The van der Waals surface area contributed by atoms with Crippen LogP contribution in [0.2, 0.25) is 5.02 Å². The van der Waals surface area contributed by atoms with E-state index in [1.165, 1.54) is 39.9 Å². The van der Waals surface area contributed by atoms with E-state index in [0.717, 1.165) is 28.6 Å². The van der Waals surface area contributed by atoms with Gasteiger partial charge >= 0.3 is 0 Å². The number of fused-ring (bicyclic) bond motifs is 1. The van der Waals surface area contributed by atoms with Gasteiger partial charge in [-0.05, 0) is 67.8 Å². The molecule has 0 bridgehead atoms. The van der Waals surface area contributed by atoms with Gasteiger partial charge in [0.1, 0.15) is 0 Å². The molecule has 1 atom stereocenters. The molecule has 8 nitrogen and oxygen atoms in total. The Hall–Kier alpha value is -2.89. The van der Waals surface area contributed by atoms with Gasteiger partial charge in [0.15, 0.2) is 5.13 Å². The van der Waals surface area contributed by atoms with Crippen LogP contribution in [0.3, 0.4) is 0 Å². The molecule has 1 fully saturated rings. The maximum Gasteiger partial charge on any atom is 0.260 e. The van der Waals surface area contributed by atoms with E-state index in [-0.39, 0.29) is 23.5 Å². The Bertz CT molecular complexity index is 1510. The van der Waals surface area contributed by atoms with Crippen molar-refractivity contribution in [1.82, 2.24) is 14.3 Å². The monoisotopic (exact) mass is 570 g/mol. The molecule has 0 spiro atoms. The number of likely N-dealkylation sites (N-methyl/N-ethyl adjacent to an activating group) is 1. The summed E-state index contributed by atoms with van der Waals surface area (Å²) in [7, 11) is -2.18. The van der Waals surface area contributed by atoms with E-state index >= 15 is 0 Å². The van der Waals surface area contributed by atoms with E-state index in [4.69, 9.17) is 21.3 Å². The standard InChI is InChI=1S/C27H27ClN4O4S2/c1-18-8-13-23(28)25-24(18)30-27(37-25)32(16-20-6-3-4-14-29-20)26(33)19-9-11-22(12-10-19)38(34,35)31(2)17-21-7-5-15-36-21/h3-4,6,8-14,21H,5,7,15-17H2,1-2H3. The Morgan fingerprint density at radius 1 is 1.16 bits per heavy atom. The van der Waals surface area contributed by atoms with Crippen LogP contribution < -0.4 is 4.90 Å². The van der Waals surface area contributed by atoms with E-state index in [9.17, 15) is 13.2 Å². The number of amides is 1. The summed E-state index contributed by atoms with van der Waals surface area (Å²) in [5, 5.41) is 1.06. The van der Waals surface area contributed by atoms with E-state index < -0.39 is 10.0 Å². The summed E-state index contributed by atoms with van der Waals surface area (Å²) in [5.74, 6) is -0.319. The minimum Gasteiger partial charge on any atom is -0.377 e. The quantitative estimate of drug-likeness (QED) is 0.285. The second-order valence-corrected chi connectivity index (χ2v) is 12.6. The SMILES string of the molecule is Cc1ccc(Cl)c2sc(N(Cc3ccccn3)C(=O)c3ccc(S(=O)(=O)N(C)CC4CCCO4)cc3)nc12. The Morgan fingerprint density at radius 2 is 1.95 bits per heavy atom. The van der Waals surface area contributed by atoms with Crippen LogP contribution in [0.4, 0.5) is 5.13 Å². The zero-order chi connectivity index (χ0) is 26.9. The number of benzene rings is 2. The molecule has 2 aromatic carbocycles. The Kier molecular flexibility index (Phi) is 7.78. The third-order valence-corrected chi connectivity index (χ3v) is 9.88. The lowest BCUT2D eigenvalue weighted by Gasteiger charge is -2.21. The smallest absolute Gasteiger partial charge is 0.260 e. The fraction of sp³-hybridized carbons (Fsp3) is 0.296. The number of rotatable bonds is 8. The predicted molar refractivity (Wildman–Crippen MR) is 149 cm³/mol. The van der Waals surface area contributed by atoms with Gasteiger partial charge in [-0.2, -0.15) is 4.31 Å². The van der Waals surface area contributed by atoms with Gasteiger partial charge in [-0.25, -0.2) is 13.4 Å². The van der Waals surface area contributed by atoms with Gasteiger partial charge in [0, 0.05) is 32.0 Å². The first-order valence-corrected chi connectivity index (χ1v) is 14.8. The molecule has 5 rings (SSSR count). The molecule has 0 aliphatic carbocycles. The first kappa shape index (κ1) is 26.7. The third-order valence-electron chi connectivity index (χ3n) is 6.50. The van der Waals surface area contributed by atoms with Crippen LogP contribution in [0.1, 0.15) is 34.5 Å². The zero-order valence-electron chi connectivity index (χ0n) is 21.0. The van der Waals surface area contributed by atoms with E-state index in [1.54, 1.807) is 18.1 Å². The highest BCUT2D eigenvalue weighted by atomic mass is 35.5. The highest BCUT2D eigenvalue weighted by Gasteiger charge is 2.27. The van der Waals surface area contributed by atoms with Gasteiger partial charge in [0.05, 0.1) is 38.5 Å². The average Bonchev–Trinajstić information content (AvgIpc) is 3.61. The highest BCUT2D eigenvalue weighted by molar-refractivity contribution is 7.89. The van der Waals surface area contributed by atoms with E-state index in [1.807, 2.05) is 37.3 Å². The second kappa shape index (κ2) is 11.1. The van der Waals surface area contributed by atoms with Crippen molar-refractivity contribution < 1.29 is 17.9 Å². The Labute approximate surface area is 230 Å². The van der Waals surface area contributed by atoms with Crippen LogP contribution in [0.15, 0.2) is 65.7 Å². The number of hydrogen-bond donors (Lipinski definition) is 0. The van der Waals surface area contributed by atoms with Gasteiger partial charge < -0.3 is 4.74 Å². The molecule has 3 heterocycles. The Morgan fingerprint density at radius 3 is 2.61 bits per heavy atom. The minimum absolute atomic E-state index is 0.0956. The minimum atomic E-state index is -3.72. The van der Waals surface area contributed by atoms with Crippen molar-refractivity contribution in [3.63, 3.8) is 0 Å². The molecule has 2 aromatic heterocycles. The van der Waals surface area contributed by atoms with E-state index in [2.05, 4.69) is 4.98 Å². The van der Waals surface area contributed by atoms with Crippen molar-refractivity contribution in [2.24, 2.45) is 0 Å². The molecule has 1 amide bonds. The molecule has 38 heavy (non-hydrogen) atoms. The van der Waals surface area contributed by atoms with Crippen LogP contribution in [0.25, 0.3) is 10.2 Å². The van der Waals surface area contributed by atoms with Crippen molar-refractivity contribution in [2.75, 3.05) is 25.1 Å². The lowest BCUT2D eigenvalue weighted by atomic mass is 10.2. The number of ether oxygens (including phenoxy) is 1. The van der Waals surface area contributed by atoms with Crippen LogP contribution in [-0.2, 0) is 21.3 Å². The van der Waals surface area contributed by atoms with Crippen molar-refractivity contribution >= 4 is 54.2 Å². The lowest BCUT2D eigenvalue weighted by Crippen LogP contribution is -2.34. The summed E-state index contributed by atoms with van der Waals surface area (Å²) in [6, 6.07) is 15.2. The Balaban J connectivity index is 1.45. The number of carbonyl (C=O) groups is 1. The van der Waals surface area contributed by atoms with Crippen LogP contribution in [-0.4, -0.2) is 54.9 Å². The maximum absolute atomic E-state index is 13.8. The number of hydrogen-bond acceptors (Lipinski definition) is 7. The number of thiazole rings is 1.